The fourth-order valence-corrected chi connectivity index (χ4v) is 2.89. The maximum atomic E-state index is 4.81. The van der Waals surface area contributed by atoms with Gasteiger partial charge in [-0.3, -0.25) is 0 Å². The fraction of sp³-hybridized carbons (Fsp3) is 0.667. The van der Waals surface area contributed by atoms with E-state index in [1.807, 2.05) is 7.05 Å². The molecule has 0 amide bonds. The molecule has 2 rings (SSSR count). The van der Waals surface area contributed by atoms with Crippen molar-refractivity contribution in [2.45, 2.75) is 52.6 Å². The Bertz CT molecular complexity index is 414. The summed E-state index contributed by atoms with van der Waals surface area (Å²) in [4.78, 5) is 7.31. The van der Waals surface area contributed by atoms with Gasteiger partial charge in [0.1, 0.15) is 5.82 Å². The van der Waals surface area contributed by atoms with Crippen molar-refractivity contribution < 1.29 is 0 Å². The molecule has 1 fully saturated rings. The summed E-state index contributed by atoms with van der Waals surface area (Å²) in [5, 5.41) is 3.27. The molecule has 100 valence electrons. The van der Waals surface area contributed by atoms with E-state index in [9.17, 15) is 0 Å². The Kier molecular flexibility index (Phi) is 4.23. The van der Waals surface area contributed by atoms with E-state index < -0.39 is 0 Å². The highest BCUT2D eigenvalue weighted by Crippen LogP contribution is 2.28. The SMILES string of the molecule is CNCc1c(C)cc(C)nc1N1CCCCC1C. The molecule has 1 aliphatic rings. The summed E-state index contributed by atoms with van der Waals surface area (Å²) in [5.41, 5.74) is 3.83. The molecule has 1 unspecified atom stereocenters. The quantitative estimate of drug-likeness (QED) is 0.890. The zero-order valence-corrected chi connectivity index (χ0v) is 12.1. The summed E-state index contributed by atoms with van der Waals surface area (Å²) in [6.45, 7) is 8.65. The van der Waals surface area contributed by atoms with Crippen LogP contribution in [0.2, 0.25) is 0 Å². The first-order chi connectivity index (χ1) is 8.63. The van der Waals surface area contributed by atoms with Crippen molar-refractivity contribution in [3.05, 3.63) is 22.9 Å². The first-order valence-electron chi connectivity index (χ1n) is 7.02. The van der Waals surface area contributed by atoms with Crippen LogP contribution in [0.4, 0.5) is 5.82 Å². The van der Waals surface area contributed by atoms with Gasteiger partial charge in [-0.25, -0.2) is 4.98 Å². The summed E-state index contributed by atoms with van der Waals surface area (Å²) in [7, 11) is 2.00. The summed E-state index contributed by atoms with van der Waals surface area (Å²) in [6.07, 6.45) is 3.93. The average molecular weight is 247 g/mol. The molecule has 1 saturated heterocycles. The summed E-state index contributed by atoms with van der Waals surface area (Å²) in [5.74, 6) is 1.20. The van der Waals surface area contributed by atoms with Crippen LogP contribution in [0.15, 0.2) is 6.07 Å². The van der Waals surface area contributed by atoms with Gasteiger partial charge < -0.3 is 10.2 Å². The Hall–Kier alpha value is -1.09. The number of pyridine rings is 1. The first-order valence-corrected chi connectivity index (χ1v) is 7.02. The lowest BCUT2D eigenvalue weighted by Crippen LogP contribution is -2.39. The van der Waals surface area contributed by atoms with E-state index in [1.54, 1.807) is 0 Å². The number of hydrogen-bond acceptors (Lipinski definition) is 3. The molecule has 0 aromatic carbocycles. The second kappa shape index (κ2) is 5.70. The number of piperidine rings is 1. The Morgan fingerprint density at radius 3 is 2.83 bits per heavy atom. The molecule has 3 nitrogen and oxygen atoms in total. The predicted octanol–water partition coefficient (Wildman–Crippen LogP) is 2.80. The van der Waals surface area contributed by atoms with Crippen LogP contribution in [-0.4, -0.2) is 24.6 Å². The average Bonchev–Trinajstić information content (AvgIpc) is 2.33. The van der Waals surface area contributed by atoms with E-state index in [0.717, 1.165) is 18.8 Å². The second-order valence-corrected chi connectivity index (χ2v) is 5.45. The molecular weight excluding hydrogens is 222 g/mol. The van der Waals surface area contributed by atoms with Crippen molar-refractivity contribution in [2.75, 3.05) is 18.5 Å². The van der Waals surface area contributed by atoms with Gasteiger partial charge in [-0.2, -0.15) is 0 Å². The third-order valence-corrected chi connectivity index (χ3v) is 3.88. The van der Waals surface area contributed by atoms with E-state index in [0.29, 0.717) is 6.04 Å². The molecule has 2 heterocycles. The standard InChI is InChI=1S/C15H25N3/c1-11-9-12(2)17-15(14(11)10-16-4)18-8-6-5-7-13(18)3/h9,13,16H,5-8,10H2,1-4H3. The molecule has 3 heteroatoms. The van der Waals surface area contributed by atoms with Gasteiger partial charge in [-0.1, -0.05) is 0 Å². The molecule has 1 aromatic heterocycles. The van der Waals surface area contributed by atoms with Gasteiger partial charge in [0.2, 0.25) is 0 Å². The van der Waals surface area contributed by atoms with Gasteiger partial charge in [-0.05, 0) is 58.7 Å². The molecule has 0 spiro atoms. The van der Waals surface area contributed by atoms with E-state index >= 15 is 0 Å². The zero-order valence-electron chi connectivity index (χ0n) is 12.1. The molecule has 1 aliphatic heterocycles. The van der Waals surface area contributed by atoms with Gasteiger partial charge in [0.05, 0.1) is 0 Å². The maximum Gasteiger partial charge on any atom is 0.133 e. The van der Waals surface area contributed by atoms with Crippen LogP contribution in [0, 0.1) is 13.8 Å². The van der Waals surface area contributed by atoms with Crippen LogP contribution < -0.4 is 10.2 Å². The summed E-state index contributed by atoms with van der Waals surface area (Å²) in [6, 6.07) is 2.80. The third-order valence-electron chi connectivity index (χ3n) is 3.88. The van der Waals surface area contributed by atoms with Crippen molar-refractivity contribution >= 4 is 5.82 Å². The molecular formula is C15H25N3. The first kappa shape index (κ1) is 13.3. The number of hydrogen-bond donors (Lipinski definition) is 1. The highest BCUT2D eigenvalue weighted by molar-refractivity contribution is 5.52. The Morgan fingerprint density at radius 2 is 2.17 bits per heavy atom. The second-order valence-electron chi connectivity index (χ2n) is 5.45. The Labute approximate surface area is 111 Å². The zero-order chi connectivity index (χ0) is 13.1. The van der Waals surface area contributed by atoms with E-state index in [4.69, 9.17) is 4.98 Å². The van der Waals surface area contributed by atoms with Crippen LogP contribution in [0.25, 0.3) is 0 Å². The van der Waals surface area contributed by atoms with E-state index in [-0.39, 0.29) is 0 Å². The van der Waals surface area contributed by atoms with Crippen LogP contribution in [0.3, 0.4) is 0 Å². The largest absolute Gasteiger partial charge is 0.354 e. The summed E-state index contributed by atoms with van der Waals surface area (Å²) >= 11 is 0. The fourth-order valence-electron chi connectivity index (χ4n) is 2.89. The molecule has 0 saturated carbocycles. The van der Waals surface area contributed by atoms with Crippen molar-refractivity contribution in [1.29, 1.82) is 0 Å². The number of nitrogens with zero attached hydrogens (tertiary/aromatic N) is 2. The highest BCUT2D eigenvalue weighted by Gasteiger charge is 2.22. The van der Waals surface area contributed by atoms with E-state index in [2.05, 4.69) is 37.1 Å². The van der Waals surface area contributed by atoms with Crippen molar-refractivity contribution in [2.24, 2.45) is 0 Å². The predicted molar refractivity (Wildman–Crippen MR) is 77.1 cm³/mol. The highest BCUT2D eigenvalue weighted by atomic mass is 15.2. The molecule has 1 aromatic rings. The topological polar surface area (TPSA) is 28.2 Å². The van der Waals surface area contributed by atoms with E-state index in [1.165, 1.54) is 36.2 Å². The van der Waals surface area contributed by atoms with Gasteiger partial charge in [0.25, 0.3) is 0 Å². The minimum Gasteiger partial charge on any atom is -0.354 e. The molecule has 1 N–H and O–H groups in total. The molecule has 18 heavy (non-hydrogen) atoms. The van der Waals surface area contributed by atoms with Crippen LogP contribution >= 0.6 is 0 Å². The van der Waals surface area contributed by atoms with Crippen LogP contribution in [0.5, 0.6) is 0 Å². The minimum atomic E-state index is 0.614. The summed E-state index contributed by atoms with van der Waals surface area (Å²) < 4.78 is 0. The Balaban J connectivity index is 2.40. The Morgan fingerprint density at radius 1 is 1.39 bits per heavy atom. The van der Waals surface area contributed by atoms with Gasteiger partial charge >= 0.3 is 0 Å². The number of rotatable bonds is 3. The number of anilines is 1. The smallest absolute Gasteiger partial charge is 0.133 e. The van der Waals surface area contributed by atoms with Gasteiger partial charge in [0, 0.05) is 30.4 Å². The maximum absolute atomic E-state index is 4.81. The van der Waals surface area contributed by atoms with Crippen molar-refractivity contribution in [3.8, 4) is 0 Å². The van der Waals surface area contributed by atoms with Crippen LogP contribution in [-0.2, 0) is 6.54 Å². The number of nitrogens with one attached hydrogen (secondary N) is 1. The lowest BCUT2D eigenvalue weighted by Gasteiger charge is -2.36. The van der Waals surface area contributed by atoms with Gasteiger partial charge in [0.15, 0.2) is 0 Å². The molecule has 0 aliphatic carbocycles. The van der Waals surface area contributed by atoms with Gasteiger partial charge in [-0.15, -0.1) is 0 Å². The molecule has 1 atom stereocenters. The number of aromatic nitrogens is 1. The van der Waals surface area contributed by atoms with Crippen LogP contribution in [0.1, 0.15) is 43.0 Å². The monoisotopic (exact) mass is 247 g/mol. The minimum absolute atomic E-state index is 0.614. The molecule has 0 radical (unpaired) electrons. The lowest BCUT2D eigenvalue weighted by atomic mass is 10.0. The normalized spacial score (nSPS) is 20.2. The lowest BCUT2D eigenvalue weighted by molar-refractivity contribution is 0.479. The third kappa shape index (κ3) is 2.66. The van der Waals surface area contributed by atoms with Crippen molar-refractivity contribution in [1.82, 2.24) is 10.3 Å². The number of aryl methyl sites for hydroxylation is 2. The molecule has 0 bridgehead atoms. The van der Waals surface area contributed by atoms with Crippen molar-refractivity contribution in [3.63, 3.8) is 0 Å².